The van der Waals surface area contributed by atoms with Crippen LogP contribution >= 0.6 is 0 Å². The second kappa shape index (κ2) is 4.42. The van der Waals surface area contributed by atoms with Gasteiger partial charge in [0.05, 0.1) is 0 Å². The van der Waals surface area contributed by atoms with Gasteiger partial charge in [-0.3, -0.25) is 0 Å². The molecule has 0 aliphatic rings. The van der Waals surface area contributed by atoms with E-state index in [-0.39, 0.29) is 5.41 Å². The Hall–Kier alpha value is -0.460. The van der Waals surface area contributed by atoms with Crippen molar-refractivity contribution >= 4 is 0 Å². The van der Waals surface area contributed by atoms with E-state index >= 15 is 0 Å². The molecule has 0 aliphatic carbocycles. The molecule has 0 aromatic rings. The quantitative estimate of drug-likeness (QED) is 0.663. The third-order valence-corrected chi connectivity index (χ3v) is 2.32. The molecule has 0 atom stereocenters. The lowest BCUT2D eigenvalue weighted by Gasteiger charge is -2.23. The fourth-order valence-electron chi connectivity index (χ4n) is 0.780. The van der Waals surface area contributed by atoms with Crippen molar-refractivity contribution in [2.45, 2.75) is 47.0 Å². The summed E-state index contributed by atoms with van der Waals surface area (Å²) in [5.74, 6) is 0. The lowest BCUT2D eigenvalue weighted by molar-refractivity contribution is 0.422. The van der Waals surface area contributed by atoms with Crippen LogP contribution in [-0.2, 0) is 0 Å². The van der Waals surface area contributed by atoms with Gasteiger partial charge < -0.3 is 5.73 Å². The maximum absolute atomic E-state index is 5.91. The highest BCUT2D eigenvalue weighted by molar-refractivity contribution is 5.06. The molecule has 0 fully saturated rings. The molecule has 0 aromatic carbocycles. The molecule has 0 aliphatic heterocycles. The smallest absolute Gasteiger partial charge is 0.00972 e. The number of hydrogen-bond donors (Lipinski definition) is 1. The molecule has 0 saturated carbocycles. The minimum atomic E-state index is 0.190. The molecule has 0 rings (SSSR count). The van der Waals surface area contributed by atoms with Gasteiger partial charge in [0.2, 0.25) is 0 Å². The molecule has 0 radical (unpaired) electrons. The molecule has 0 spiro atoms. The first-order valence-electron chi connectivity index (χ1n) is 4.50. The minimum Gasteiger partial charge on any atom is -0.402 e. The standard InChI is InChI=1S/C10H21N/c1-5-7-8-9(11)10(3,4)6-2/h8H,5-7,11H2,1-4H3/b9-8-. The normalized spacial score (nSPS) is 13.6. The first-order valence-corrected chi connectivity index (χ1v) is 4.50. The highest BCUT2D eigenvalue weighted by atomic mass is 14.6. The summed E-state index contributed by atoms with van der Waals surface area (Å²) in [4.78, 5) is 0. The van der Waals surface area contributed by atoms with Gasteiger partial charge in [-0.05, 0) is 12.8 Å². The monoisotopic (exact) mass is 155 g/mol. The summed E-state index contributed by atoms with van der Waals surface area (Å²) in [6.07, 6.45) is 5.55. The Morgan fingerprint density at radius 3 is 2.27 bits per heavy atom. The average molecular weight is 155 g/mol. The first-order chi connectivity index (χ1) is 5.04. The average Bonchev–Trinajstić information content (AvgIpc) is 2.00. The van der Waals surface area contributed by atoms with E-state index in [9.17, 15) is 0 Å². The van der Waals surface area contributed by atoms with Crippen LogP contribution < -0.4 is 5.73 Å². The molecule has 1 heteroatoms. The van der Waals surface area contributed by atoms with Gasteiger partial charge in [0.15, 0.2) is 0 Å². The lowest BCUT2D eigenvalue weighted by Crippen LogP contribution is -2.19. The van der Waals surface area contributed by atoms with Crippen molar-refractivity contribution in [3.63, 3.8) is 0 Å². The van der Waals surface area contributed by atoms with Gasteiger partial charge in [-0.2, -0.15) is 0 Å². The second-order valence-corrected chi connectivity index (χ2v) is 3.69. The Labute approximate surface area is 70.7 Å². The zero-order valence-corrected chi connectivity index (χ0v) is 8.28. The largest absolute Gasteiger partial charge is 0.402 e. The van der Waals surface area contributed by atoms with Crippen molar-refractivity contribution in [2.75, 3.05) is 0 Å². The molecular formula is C10H21N. The summed E-state index contributed by atoms with van der Waals surface area (Å²) < 4.78 is 0. The number of nitrogens with two attached hydrogens (primary N) is 1. The molecule has 0 amide bonds. The van der Waals surface area contributed by atoms with Gasteiger partial charge in [0, 0.05) is 11.1 Å². The van der Waals surface area contributed by atoms with Gasteiger partial charge in [0.25, 0.3) is 0 Å². The maximum Gasteiger partial charge on any atom is 0.00972 e. The third-order valence-electron chi connectivity index (χ3n) is 2.32. The van der Waals surface area contributed by atoms with Crippen molar-refractivity contribution in [3.8, 4) is 0 Å². The van der Waals surface area contributed by atoms with E-state index in [1.165, 1.54) is 6.42 Å². The topological polar surface area (TPSA) is 26.0 Å². The van der Waals surface area contributed by atoms with E-state index < -0.39 is 0 Å². The Balaban J connectivity index is 4.09. The summed E-state index contributed by atoms with van der Waals surface area (Å²) in [7, 11) is 0. The van der Waals surface area contributed by atoms with Crippen LogP contribution in [0.3, 0.4) is 0 Å². The molecule has 0 unspecified atom stereocenters. The summed E-state index contributed by atoms with van der Waals surface area (Å²) in [5.41, 5.74) is 7.14. The number of allylic oxidation sites excluding steroid dienone is 2. The summed E-state index contributed by atoms with van der Waals surface area (Å²) in [5, 5.41) is 0. The van der Waals surface area contributed by atoms with E-state index in [0.29, 0.717) is 0 Å². The summed E-state index contributed by atoms with van der Waals surface area (Å²) in [6.45, 7) is 8.72. The zero-order chi connectivity index (χ0) is 8.91. The zero-order valence-electron chi connectivity index (χ0n) is 8.28. The molecule has 0 saturated heterocycles. The van der Waals surface area contributed by atoms with Crippen LogP contribution in [0.4, 0.5) is 0 Å². The van der Waals surface area contributed by atoms with E-state index in [1.54, 1.807) is 0 Å². The first kappa shape index (κ1) is 10.5. The molecule has 0 bridgehead atoms. The number of rotatable bonds is 4. The lowest BCUT2D eigenvalue weighted by atomic mass is 9.86. The van der Waals surface area contributed by atoms with Crippen LogP contribution in [0.25, 0.3) is 0 Å². The maximum atomic E-state index is 5.91. The van der Waals surface area contributed by atoms with Crippen LogP contribution in [0.1, 0.15) is 47.0 Å². The molecule has 66 valence electrons. The fraction of sp³-hybridized carbons (Fsp3) is 0.800. The second-order valence-electron chi connectivity index (χ2n) is 3.69. The summed E-state index contributed by atoms with van der Waals surface area (Å²) >= 11 is 0. The number of unbranched alkanes of at least 4 members (excludes halogenated alkanes) is 1. The van der Waals surface area contributed by atoms with Crippen LogP contribution in [0.2, 0.25) is 0 Å². The Kier molecular flexibility index (Phi) is 4.24. The summed E-state index contributed by atoms with van der Waals surface area (Å²) in [6, 6.07) is 0. The van der Waals surface area contributed by atoms with Gasteiger partial charge in [-0.1, -0.05) is 40.2 Å². The highest BCUT2D eigenvalue weighted by Crippen LogP contribution is 2.26. The Morgan fingerprint density at radius 2 is 1.91 bits per heavy atom. The number of hydrogen-bond acceptors (Lipinski definition) is 1. The van der Waals surface area contributed by atoms with Crippen molar-refractivity contribution in [1.29, 1.82) is 0 Å². The Bertz CT molecular complexity index is 134. The predicted molar refractivity (Wildman–Crippen MR) is 51.3 cm³/mol. The molecular weight excluding hydrogens is 134 g/mol. The fourth-order valence-corrected chi connectivity index (χ4v) is 0.780. The van der Waals surface area contributed by atoms with Crippen molar-refractivity contribution in [1.82, 2.24) is 0 Å². The minimum absolute atomic E-state index is 0.190. The van der Waals surface area contributed by atoms with Crippen LogP contribution in [-0.4, -0.2) is 0 Å². The van der Waals surface area contributed by atoms with Gasteiger partial charge in [0.1, 0.15) is 0 Å². The Morgan fingerprint density at radius 1 is 1.36 bits per heavy atom. The van der Waals surface area contributed by atoms with E-state index in [0.717, 1.165) is 18.5 Å². The molecule has 0 aromatic heterocycles. The van der Waals surface area contributed by atoms with Crippen molar-refractivity contribution in [2.24, 2.45) is 11.1 Å². The molecule has 1 nitrogen and oxygen atoms in total. The molecule has 11 heavy (non-hydrogen) atoms. The van der Waals surface area contributed by atoms with Crippen LogP contribution in [0.5, 0.6) is 0 Å². The van der Waals surface area contributed by atoms with E-state index in [1.807, 2.05) is 0 Å². The highest BCUT2D eigenvalue weighted by Gasteiger charge is 2.17. The van der Waals surface area contributed by atoms with E-state index in [2.05, 4.69) is 33.8 Å². The van der Waals surface area contributed by atoms with Crippen molar-refractivity contribution < 1.29 is 0 Å². The van der Waals surface area contributed by atoms with Gasteiger partial charge in [-0.15, -0.1) is 0 Å². The predicted octanol–water partition coefficient (Wildman–Crippen LogP) is 3.07. The van der Waals surface area contributed by atoms with Crippen LogP contribution in [0, 0.1) is 5.41 Å². The van der Waals surface area contributed by atoms with Crippen molar-refractivity contribution in [3.05, 3.63) is 11.8 Å². The van der Waals surface area contributed by atoms with Crippen LogP contribution in [0.15, 0.2) is 11.8 Å². The molecule has 2 N–H and O–H groups in total. The third kappa shape index (κ3) is 3.45. The van der Waals surface area contributed by atoms with Gasteiger partial charge >= 0.3 is 0 Å². The SMILES string of the molecule is CCC/C=C(\N)C(C)(C)CC. The molecule has 0 heterocycles. The van der Waals surface area contributed by atoms with E-state index in [4.69, 9.17) is 5.73 Å². The van der Waals surface area contributed by atoms with Gasteiger partial charge in [-0.25, -0.2) is 0 Å².